The van der Waals surface area contributed by atoms with Crippen molar-refractivity contribution in [1.82, 2.24) is 10.4 Å². The monoisotopic (exact) mass is 393 g/mol. The summed E-state index contributed by atoms with van der Waals surface area (Å²) in [4.78, 5) is 28.0. The number of amides is 1. The molecule has 0 radical (unpaired) electrons. The number of halogens is 1. The lowest BCUT2D eigenvalue weighted by atomic mass is 10.2. The Bertz CT molecular complexity index is 1040. The number of methoxy groups -OCH3 is 1. The molecule has 0 spiro atoms. The molecule has 8 heteroatoms. The minimum atomic E-state index is -0.565. The van der Waals surface area contributed by atoms with Crippen molar-refractivity contribution in [2.45, 2.75) is 0 Å². The van der Waals surface area contributed by atoms with Crippen molar-refractivity contribution in [2.75, 3.05) is 7.11 Å². The Morgan fingerprint density at radius 3 is 2.55 bits per heavy atom. The van der Waals surface area contributed by atoms with Gasteiger partial charge >= 0.3 is 5.97 Å². The Kier molecular flexibility index (Phi) is 6.26. The van der Waals surface area contributed by atoms with Crippen LogP contribution in [0.4, 0.5) is 4.39 Å². The topological polar surface area (TPSA) is 89.9 Å². The normalized spacial score (nSPS) is 10.6. The Morgan fingerprint density at radius 2 is 1.86 bits per heavy atom. The highest BCUT2D eigenvalue weighted by atomic mass is 19.1. The van der Waals surface area contributed by atoms with E-state index in [-0.39, 0.29) is 11.3 Å². The summed E-state index contributed by atoms with van der Waals surface area (Å²) in [6, 6.07) is 13.1. The fraction of sp³-hybridized carbons (Fsp3) is 0.0476. The molecule has 0 saturated carbocycles. The molecule has 0 atom stereocenters. The molecule has 0 fully saturated rings. The molecule has 2 aromatic carbocycles. The molecule has 7 nitrogen and oxygen atoms in total. The first-order valence-electron chi connectivity index (χ1n) is 8.46. The number of hydrogen-bond donors (Lipinski definition) is 1. The molecule has 0 bridgehead atoms. The van der Waals surface area contributed by atoms with Gasteiger partial charge in [0.05, 0.1) is 18.9 Å². The van der Waals surface area contributed by atoms with Crippen molar-refractivity contribution in [3.05, 3.63) is 89.5 Å². The maximum absolute atomic E-state index is 12.9. The second-order valence-corrected chi connectivity index (χ2v) is 5.75. The van der Waals surface area contributed by atoms with Crippen LogP contribution in [0.2, 0.25) is 0 Å². The SMILES string of the molecule is COc1cc(C=NNC(=O)c2ccc(F)cc2)ccc1OC(=O)c1cccnc1. The first-order valence-corrected chi connectivity index (χ1v) is 8.46. The van der Waals surface area contributed by atoms with E-state index in [0.717, 1.165) is 0 Å². The van der Waals surface area contributed by atoms with E-state index >= 15 is 0 Å². The van der Waals surface area contributed by atoms with Gasteiger partial charge < -0.3 is 9.47 Å². The van der Waals surface area contributed by atoms with Gasteiger partial charge in [0, 0.05) is 18.0 Å². The second-order valence-electron chi connectivity index (χ2n) is 5.75. The largest absolute Gasteiger partial charge is 0.493 e. The summed E-state index contributed by atoms with van der Waals surface area (Å²) in [5.41, 5.74) is 3.53. The Hall–Kier alpha value is -4.07. The van der Waals surface area contributed by atoms with Crippen molar-refractivity contribution >= 4 is 18.1 Å². The van der Waals surface area contributed by atoms with Crippen molar-refractivity contribution < 1.29 is 23.5 Å². The van der Waals surface area contributed by atoms with Crippen molar-refractivity contribution in [2.24, 2.45) is 5.10 Å². The molecule has 0 aliphatic carbocycles. The third-order valence-corrected chi connectivity index (χ3v) is 3.77. The van der Waals surface area contributed by atoms with E-state index in [9.17, 15) is 14.0 Å². The zero-order chi connectivity index (χ0) is 20.6. The van der Waals surface area contributed by atoms with Crippen LogP contribution in [0.1, 0.15) is 26.3 Å². The third-order valence-electron chi connectivity index (χ3n) is 3.77. The predicted molar refractivity (Wildman–Crippen MR) is 104 cm³/mol. The number of benzene rings is 2. The van der Waals surface area contributed by atoms with Gasteiger partial charge in [0.25, 0.3) is 5.91 Å². The molecule has 29 heavy (non-hydrogen) atoms. The maximum Gasteiger partial charge on any atom is 0.345 e. The van der Waals surface area contributed by atoms with Gasteiger partial charge in [0.1, 0.15) is 5.82 Å². The number of esters is 1. The molecule has 0 aliphatic rings. The van der Waals surface area contributed by atoms with Gasteiger partial charge in [-0.05, 0) is 60.2 Å². The first-order chi connectivity index (χ1) is 14.1. The number of aromatic nitrogens is 1. The lowest BCUT2D eigenvalue weighted by molar-refractivity contribution is 0.0729. The molecule has 0 unspecified atom stereocenters. The summed E-state index contributed by atoms with van der Waals surface area (Å²) in [6.45, 7) is 0. The zero-order valence-electron chi connectivity index (χ0n) is 15.3. The Morgan fingerprint density at radius 1 is 1.07 bits per heavy atom. The van der Waals surface area contributed by atoms with E-state index in [1.807, 2.05) is 0 Å². The van der Waals surface area contributed by atoms with E-state index in [2.05, 4.69) is 15.5 Å². The Balaban J connectivity index is 1.66. The predicted octanol–water partition coefficient (Wildman–Crippen LogP) is 3.21. The third kappa shape index (κ3) is 5.23. The van der Waals surface area contributed by atoms with Crippen LogP contribution in [-0.2, 0) is 0 Å². The average molecular weight is 393 g/mol. The van der Waals surface area contributed by atoms with Crippen LogP contribution in [0, 0.1) is 5.82 Å². The standard InChI is InChI=1S/C21H16FN3O4/c1-28-19-11-14(12-24-25-20(26)15-5-7-17(22)8-6-15)4-9-18(19)29-21(27)16-3-2-10-23-13-16/h2-13H,1H3,(H,25,26). The Labute approximate surface area is 165 Å². The molecular formula is C21H16FN3O4. The van der Waals surface area contributed by atoms with Gasteiger partial charge in [-0.3, -0.25) is 9.78 Å². The van der Waals surface area contributed by atoms with Crippen LogP contribution in [0.5, 0.6) is 11.5 Å². The van der Waals surface area contributed by atoms with Gasteiger partial charge in [-0.15, -0.1) is 0 Å². The van der Waals surface area contributed by atoms with Crippen molar-refractivity contribution in [3.63, 3.8) is 0 Å². The molecular weight excluding hydrogens is 377 g/mol. The molecule has 0 saturated heterocycles. The molecule has 1 amide bonds. The van der Waals surface area contributed by atoms with Crippen LogP contribution in [0.15, 0.2) is 72.1 Å². The number of rotatable bonds is 6. The van der Waals surface area contributed by atoms with E-state index in [1.165, 1.54) is 43.8 Å². The smallest absolute Gasteiger partial charge is 0.345 e. The molecule has 3 aromatic rings. The van der Waals surface area contributed by atoms with Crippen molar-refractivity contribution in [3.8, 4) is 11.5 Å². The number of carbonyl (C=O) groups excluding carboxylic acids is 2. The lowest BCUT2D eigenvalue weighted by Crippen LogP contribution is -2.17. The van der Waals surface area contributed by atoms with Crippen LogP contribution in [-0.4, -0.2) is 30.2 Å². The van der Waals surface area contributed by atoms with E-state index in [4.69, 9.17) is 9.47 Å². The van der Waals surface area contributed by atoms with Crippen molar-refractivity contribution in [1.29, 1.82) is 0 Å². The zero-order valence-corrected chi connectivity index (χ0v) is 15.3. The number of hydrogen-bond acceptors (Lipinski definition) is 6. The number of ether oxygens (including phenoxy) is 2. The quantitative estimate of drug-likeness (QED) is 0.301. The molecule has 0 aliphatic heterocycles. The number of nitrogens with zero attached hydrogens (tertiary/aromatic N) is 2. The van der Waals surface area contributed by atoms with E-state index < -0.39 is 17.7 Å². The highest BCUT2D eigenvalue weighted by Crippen LogP contribution is 2.28. The summed E-state index contributed by atoms with van der Waals surface area (Å²) in [5.74, 6) is -0.925. The van der Waals surface area contributed by atoms with Gasteiger partial charge in [0.2, 0.25) is 0 Å². The summed E-state index contributed by atoms with van der Waals surface area (Å²) in [7, 11) is 1.44. The molecule has 1 heterocycles. The fourth-order valence-electron chi connectivity index (χ4n) is 2.32. The molecule has 1 aromatic heterocycles. The van der Waals surface area contributed by atoms with E-state index in [0.29, 0.717) is 16.9 Å². The molecule has 146 valence electrons. The van der Waals surface area contributed by atoms with Crippen LogP contribution < -0.4 is 14.9 Å². The summed E-state index contributed by atoms with van der Waals surface area (Å²) >= 11 is 0. The van der Waals surface area contributed by atoms with E-state index in [1.54, 1.807) is 36.5 Å². The summed E-state index contributed by atoms with van der Waals surface area (Å²) in [5, 5.41) is 3.86. The maximum atomic E-state index is 12.9. The number of carbonyl (C=O) groups is 2. The van der Waals surface area contributed by atoms with Gasteiger partial charge in [0.15, 0.2) is 11.5 Å². The fourth-order valence-corrected chi connectivity index (χ4v) is 2.32. The number of hydrazone groups is 1. The van der Waals surface area contributed by atoms with Crippen LogP contribution >= 0.6 is 0 Å². The number of pyridine rings is 1. The van der Waals surface area contributed by atoms with Gasteiger partial charge in [-0.25, -0.2) is 14.6 Å². The second kappa shape index (κ2) is 9.23. The van der Waals surface area contributed by atoms with Gasteiger partial charge in [-0.1, -0.05) is 0 Å². The minimum Gasteiger partial charge on any atom is -0.493 e. The summed E-state index contributed by atoms with van der Waals surface area (Å²) < 4.78 is 23.5. The lowest BCUT2D eigenvalue weighted by Gasteiger charge is -2.09. The molecule has 3 rings (SSSR count). The average Bonchev–Trinajstić information content (AvgIpc) is 2.75. The highest BCUT2D eigenvalue weighted by Gasteiger charge is 2.13. The number of nitrogens with one attached hydrogen (secondary N) is 1. The van der Waals surface area contributed by atoms with Crippen LogP contribution in [0.3, 0.4) is 0 Å². The molecule has 1 N–H and O–H groups in total. The highest BCUT2D eigenvalue weighted by molar-refractivity contribution is 5.95. The summed E-state index contributed by atoms with van der Waals surface area (Å²) in [6.07, 6.45) is 4.36. The minimum absolute atomic E-state index is 0.230. The van der Waals surface area contributed by atoms with Gasteiger partial charge in [-0.2, -0.15) is 5.10 Å². The van der Waals surface area contributed by atoms with Crippen LogP contribution in [0.25, 0.3) is 0 Å². The first kappa shape index (κ1) is 19.7.